The van der Waals surface area contributed by atoms with Gasteiger partial charge in [0.15, 0.2) is 0 Å². The van der Waals surface area contributed by atoms with Crippen molar-refractivity contribution in [3.63, 3.8) is 0 Å². The number of carbonyl (C=O) groups is 2. The van der Waals surface area contributed by atoms with Gasteiger partial charge in [0.25, 0.3) is 15.9 Å². The Balaban J connectivity index is 1.44. The first-order valence-corrected chi connectivity index (χ1v) is 12.2. The first-order valence-electron chi connectivity index (χ1n) is 9.49. The van der Waals surface area contributed by atoms with Gasteiger partial charge in [-0.25, -0.2) is 22.9 Å². The Kier molecular flexibility index (Phi) is 6.31. The molecule has 3 heterocycles. The summed E-state index contributed by atoms with van der Waals surface area (Å²) < 4.78 is 26.5. The van der Waals surface area contributed by atoms with Gasteiger partial charge in [-0.1, -0.05) is 23.7 Å². The molecular weight excluding hydrogens is 488 g/mol. The zero-order valence-electron chi connectivity index (χ0n) is 17.1. The second kappa shape index (κ2) is 9.17. The van der Waals surface area contributed by atoms with E-state index in [4.69, 9.17) is 11.6 Å². The number of nitrogens with one attached hydrogen (secondary N) is 3. The molecule has 10 nitrogen and oxygen atoms in total. The van der Waals surface area contributed by atoms with Gasteiger partial charge in [0.05, 0.1) is 28.4 Å². The lowest BCUT2D eigenvalue weighted by Crippen LogP contribution is -2.34. The fraction of sp³-hybridized carbons (Fsp3) is 0.100. The minimum absolute atomic E-state index is 0.0903. The SMILES string of the molecule is CNc1cccc(C2=NN(c3ccc(NC(=O)NS(=O)(=O)c4ccc(Cl)s4)nc3)C(=O)C2)c1. The number of urea groups is 1. The normalized spacial score (nSPS) is 13.6. The number of carbonyl (C=O) groups excluding carboxylic acids is 2. The van der Waals surface area contributed by atoms with Crippen molar-refractivity contribution >= 4 is 67.8 Å². The summed E-state index contributed by atoms with van der Waals surface area (Å²) in [4.78, 5) is 28.6. The number of pyridine rings is 1. The topological polar surface area (TPSA) is 133 Å². The van der Waals surface area contributed by atoms with Gasteiger partial charge in [0.2, 0.25) is 0 Å². The Labute approximate surface area is 198 Å². The lowest BCUT2D eigenvalue weighted by atomic mass is 10.1. The number of aromatic nitrogens is 1. The number of nitrogens with zero attached hydrogens (tertiary/aromatic N) is 3. The third kappa shape index (κ3) is 5.13. The molecule has 170 valence electrons. The van der Waals surface area contributed by atoms with Crippen LogP contribution in [0.15, 0.2) is 64.0 Å². The quantitative estimate of drug-likeness (QED) is 0.470. The average molecular weight is 505 g/mol. The summed E-state index contributed by atoms with van der Waals surface area (Å²) in [5, 5.41) is 11.0. The maximum absolute atomic E-state index is 12.5. The van der Waals surface area contributed by atoms with Crippen LogP contribution in [0.25, 0.3) is 0 Å². The van der Waals surface area contributed by atoms with E-state index in [1.165, 1.54) is 29.4 Å². The minimum atomic E-state index is -4.06. The van der Waals surface area contributed by atoms with Crippen LogP contribution < -0.4 is 20.4 Å². The van der Waals surface area contributed by atoms with E-state index in [1.54, 1.807) is 6.07 Å². The van der Waals surface area contributed by atoms with Gasteiger partial charge in [-0.3, -0.25) is 10.1 Å². The summed E-state index contributed by atoms with van der Waals surface area (Å²) in [6, 6.07) is 12.3. The number of sulfonamides is 1. The predicted octanol–water partition coefficient (Wildman–Crippen LogP) is 3.49. The Bertz CT molecular complexity index is 1350. The van der Waals surface area contributed by atoms with Crippen LogP contribution in [0.1, 0.15) is 12.0 Å². The highest BCUT2D eigenvalue weighted by Gasteiger charge is 2.26. The maximum atomic E-state index is 12.5. The van der Waals surface area contributed by atoms with E-state index in [1.807, 2.05) is 36.0 Å². The third-order valence-electron chi connectivity index (χ3n) is 4.53. The van der Waals surface area contributed by atoms with Crippen LogP contribution in [0, 0.1) is 0 Å². The molecule has 33 heavy (non-hydrogen) atoms. The number of hydrogen-bond acceptors (Lipinski definition) is 8. The van der Waals surface area contributed by atoms with E-state index in [0.717, 1.165) is 22.6 Å². The van der Waals surface area contributed by atoms with Crippen LogP contribution in [0.4, 0.5) is 22.0 Å². The zero-order valence-corrected chi connectivity index (χ0v) is 19.5. The van der Waals surface area contributed by atoms with Crippen LogP contribution in [0.5, 0.6) is 0 Å². The Morgan fingerprint density at radius 2 is 2.00 bits per heavy atom. The number of halogens is 1. The molecule has 1 aliphatic rings. The van der Waals surface area contributed by atoms with Gasteiger partial charge < -0.3 is 5.32 Å². The van der Waals surface area contributed by atoms with Crippen molar-refractivity contribution in [2.45, 2.75) is 10.6 Å². The second-order valence-corrected chi connectivity index (χ2v) is 10.4. The average Bonchev–Trinajstić information content (AvgIpc) is 3.40. The Morgan fingerprint density at radius 1 is 1.18 bits per heavy atom. The molecule has 0 aliphatic carbocycles. The highest BCUT2D eigenvalue weighted by molar-refractivity contribution is 7.92. The number of hydrazone groups is 1. The molecule has 0 radical (unpaired) electrons. The number of amides is 3. The van der Waals surface area contributed by atoms with Gasteiger partial charge >= 0.3 is 6.03 Å². The van der Waals surface area contributed by atoms with Gasteiger partial charge in [-0.2, -0.15) is 10.1 Å². The van der Waals surface area contributed by atoms with Gasteiger partial charge in [-0.05, 0) is 36.4 Å². The molecule has 1 aromatic carbocycles. The molecule has 0 fully saturated rings. The molecule has 3 amide bonds. The molecule has 0 spiro atoms. The molecular formula is C20H17ClN6O4S2. The van der Waals surface area contributed by atoms with Crippen LogP contribution >= 0.6 is 22.9 Å². The molecule has 3 aromatic rings. The molecule has 4 rings (SSSR count). The number of hydrogen-bond donors (Lipinski definition) is 3. The lowest BCUT2D eigenvalue weighted by Gasteiger charge is -2.12. The standard InChI is InChI=1S/C20H17ClN6O4S2/c1-22-13-4-2-3-12(9-13)15-10-18(28)27(25-15)14-5-7-17(23-11-14)24-20(29)26-33(30,31)19-8-6-16(21)32-19/h2-9,11,22H,10H2,1H3,(H2,23,24,26,29). The van der Waals surface area contributed by atoms with Crippen molar-refractivity contribution < 1.29 is 18.0 Å². The molecule has 0 saturated heterocycles. The van der Waals surface area contributed by atoms with Crippen LogP contribution in [0.3, 0.4) is 0 Å². The minimum Gasteiger partial charge on any atom is -0.388 e. The van der Waals surface area contributed by atoms with E-state index in [0.29, 0.717) is 11.4 Å². The van der Waals surface area contributed by atoms with Crippen molar-refractivity contribution in [1.29, 1.82) is 0 Å². The zero-order chi connectivity index (χ0) is 23.6. The van der Waals surface area contributed by atoms with Crippen molar-refractivity contribution in [2.24, 2.45) is 5.10 Å². The van der Waals surface area contributed by atoms with E-state index in [-0.39, 0.29) is 26.7 Å². The van der Waals surface area contributed by atoms with Crippen molar-refractivity contribution in [3.8, 4) is 0 Å². The molecule has 0 unspecified atom stereocenters. The summed E-state index contributed by atoms with van der Waals surface area (Å²) >= 11 is 6.57. The number of thiophene rings is 1. The highest BCUT2D eigenvalue weighted by Crippen LogP contribution is 2.26. The maximum Gasteiger partial charge on any atom is 0.334 e. The van der Waals surface area contributed by atoms with E-state index in [9.17, 15) is 18.0 Å². The molecule has 13 heteroatoms. The van der Waals surface area contributed by atoms with Crippen molar-refractivity contribution in [3.05, 3.63) is 64.6 Å². The van der Waals surface area contributed by atoms with Crippen molar-refractivity contribution in [2.75, 3.05) is 22.7 Å². The summed E-state index contributed by atoms with van der Waals surface area (Å²) in [6.45, 7) is 0. The summed E-state index contributed by atoms with van der Waals surface area (Å²) in [5.41, 5.74) is 2.76. The number of benzene rings is 1. The predicted molar refractivity (Wildman–Crippen MR) is 128 cm³/mol. The molecule has 0 bridgehead atoms. The van der Waals surface area contributed by atoms with Crippen LogP contribution in [0.2, 0.25) is 4.34 Å². The molecule has 0 saturated carbocycles. The highest BCUT2D eigenvalue weighted by atomic mass is 35.5. The van der Waals surface area contributed by atoms with E-state index >= 15 is 0 Å². The largest absolute Gasteiger partial charge is 0.388 e. The molecule has 1 aliphatic heterocycles. The van der Waals surface area contributed by atoms with Gasteiger partial charge in [-0.15, -0.1) is 11.3 Å². The molecule has 2 aromatic heterocycles. The van der Waals surface area contributed by atoms with E-state index < -0.39 is 16.1 Å². The Morgan fingerprint density at radius 3 is 2.67 bits per heavy atom. The van der Waals surface area contributed by atoms with E-state index in [2.05, 4.69) is 20.7 Å². The monoisotopic (exact) mass is 504 g/mol. The number of rotatable bonds is 6. The molecule has 3 N–H and O–H groups in total. The molecule has 0 atom stereocenters. The summed E-state index contributed by atoms with van der Waals surface area (Å²) in [5.74, 6) is -0.131. The summed E-state index contributed by atoms with van der Waals surface area (Å²) in [7, 11) is -2.25. The lowest BCUT2D eigenvalue weighted by molar-refractivity contribution is -0.116. The fourth-order valence-electron chi connectivity index (χ4n) is 2.99. The van der Waals surface area contributed by atoms with Gasteiger partial charge in [0.1, 0.15) is 10.0 Å². The van der Waals surface area contributed by atoms with Crippen molar-refractivity contribution in [1.82, 2.24) is 9.71 Å². The van der Waals surface area contributed by atoms with Crippen LogP contribution in [-0.4, -0.2) is 38.1 Å². The first-order chi connectivity index (χ1) is 15.7. The summed E-state index contributed by atoms with van der Waals surface area (Å²) in [6.07, 6.45) is 1.50. The van der Waals surface area contributed by atoms with Gasteiger partial charge in [0, 0.05) is 18.3 Å². The third-order valence-corrected chi connectivity index (χ3v) is 7.59. The second-order valence-electron chi connectivity index (χ2n) is 6.78. The first kappa shape index (κ1) is 22.7. The smallest absolute Gasteiger partial charge is 0.334 e. The fourth-order valence-corrected chi connectivity index (χ4v) is 5.38. The number of anilines is 3. The Hall–Kier alpha value is -3.48. The van der Waals surface area contributed by atoms with Crippen LogP contribution in [-0.2, 0) is 14.8 Å².